The van der Waals surface area contributed by atoms with Crippen molar-refractivity contribution in [2.45, 2.75) is 17.6 Å². The zero-order valence-corrected chi connectivity index (χ0v) is 11.8. The molecule has 102 valence electrons. The molecule has 0 atom stereocenters. The van der Waals surface area contributed by atoms with Gasteiger partial charge < -0.3 is 5.73 Å². The van der Waals surface area contributed by atoms with E-state index in [-0.39, 0.29) is 10.6 Å². The summed E-state index contributed by atoms with van der Waals surface area (Å²) in [6, 6.07) is 13.3. The predicted octanol–water partition coefficient (Wildman–Crippen LogP) is 2.42. The average molecular weight is 286 g/mol. The minimum Gasteiger partial charge on any atom is -0.399 e. The van der Waals surface area contributed by atoms with E-state index in [1.165, 1.54) is 6.07 Å². The van der Waals surface area contributed by atoms with Crippen LogP contribution in [0.3, 0.4) is 0 Å². The molecular formula is C15H14N2O2S. The van der Waals surface area contributed by atoms with Gasteiger partial charge in [0, 0.05) is 5.69 Å². The summed E-state index contributed by atoms with van der Waals surface area (Å²) in [6.45, 7) is 1.72. The Bertz CT molecular complexity index is 790. The smallest absolute Gasteiger partial charge is 0.182 e. The van der Waals surface area contributed by atoms with Crippen LogP contribution in [0.25, 0.3) is 0 Å². The Morgan fingerprint density at radius 1 is 1.20 bits per heavy atom. The first-order chi connectivity index (χ1) is 9.42. The average Bonchev–Trinajstić information content (AvgIpc) is 2.37. The van der Waals surface area contributed by atoms with Gasteiger partial charge >= 0.3 is 0 Å². The lowest BCUT2D eigenvalue weighted by molar-refractivity contribution is 0.594. The van der Waals surface area contributed by atoms with Crippen LogP contribution in [-0.2, 0) is 15.6 Å². The number of sulfone groups is 1. The van der Waals surface area contributed by atoms with Crippen molar-refractivity contribution in [3.05, 3.63) is 59.2 Å². The molecule has 4 nitrogen and oxygen atoms in total. The molecule has 0 aliphatic rings. The third-order valence-corrected chi connectivity index (χ3v) is 4.79. The second-order valence-electron chi connectivity index (χ2n) is 4.60. The highest BCUT2D eigenvalue weighted by molar-refractivity contribution is 7.90. The van der Waals surface area contributed by atoms with Crippen LogP contribution in [0, 0.1) is 18.3 Å². The highest BCUT2D eigenvalue weighted by atomic mass is 32.2. The Labute approximate surface area is 118 Å². The first-order valence-electron chi connectivity index (χ1n) is 6.00. The van der Waals surface area contributed by atoms with Crippen LogP contribution in [0.5, 0.6) is 0 Å². The summed E-state index contributed by atoms with van der Waals surface area (Å²) in [5.41, 5.74) is 7.84. The van der Waals surface area contributed by atoms with Gasteiger partial charge in [0.1, 0.15) is 0 Å². The van der Waals surface area contributed by atoms with Gasteiger partial charge in [0.25, 0.3) is 0 Å². The molecule has 0 unspecified atom stereocenters. The van der Waals surface area contributed by atoms with Gasteiger partial charge in [-0.2, -0.15) is 5.26 Å². The molecule has 0 saturated heterocycles. The van der Waals surface area contributed by atoms with Gasteiger partial charge in [-0.15, -0.1) is 0 Å². The fourth-order valence-corrected chi connectivity index (χ4v) is 3.65. The van der Waals surface area contributed by atoms with Crippen LogP contribution < -0.4 is 5.73 Å². The molecule has 2 N–H and O–H groups in total. The minimum absolute atomic E-state index is 0.132. The highest BCUT2D eigenvalue weighted by Gasteiger charge is 2.18. The van der Waals surface area contributed by atoms with E-state index in [2.05, 4.69) is 0 Å². The highest BCUT2D eigenvalue weighted by Crippen LogP contribution is 2.22. The van der Waals surface area contributed by atoms with Crippen LogP contribution in [0.4, 0.5) is 5.69 Å². The zero-order chi connectivity index (χ0) is 14.8. The molecule has 0 heterocycles. The third-order valence-electron chi connectivity index (χ3n) is 2.95. The number of hydrogen-bond donors (Lipinski definition) is 1. The summed E-state index contributed by atoms with van der Waals surface area (Å²) in [5, 5.41) is 8.84. The normalized spacial score (nSPS) is 11.0. The molecule has 20 heavy (non-hydrogen) atoms. The van der Waals surface area contributed by atoms with Crippen molar-refractivity contribution in [1.82, 2.24) is 0 Å². The van der Waals surface area contributed by atoms with E-state index in [0.717, 1.165) is 0 Å². The molecule has 0 fully saturated rings. The van der Waals surface area contributed by atoms with Gasteiger partial charge in [0.2, 0.25) is 0 Å². The van der Waals surface area contributed by atoms with Crippen molar-refractivity contribution in [2.75, 3.05) is 5.73 Å². The fourth-order valence-electron chi connectivity index (χ4n) is 2.05. The van der Waals surface area contributed by atoms with Crippen molar-refractivity contribution in [3.63, 3.8) is 0 Å². The van der Waals surface area contributed by atoms with Crippen LogP contribution >= 0.6 is 0 Å². The van der Waals surface area contributed by atoms with Gasteiger partial charge in [-0.1, -0.05) is 12.1 Å². The SMILES string of the molecule is Cc1cc(N)ccc1S(=O)(=O)Cc1cccc(C#N)c1. The number of nitrogens with two attached hydrogens (primary N) is 1. The summed E-state index contributed by atoms with van der Waals surface area (Å²) in [4.78, 5) is 0.272. The number of anilines is 1. The molecule has 2 rings (SSSR count). The van der Waals surface area contributed by atoms with Crippen molar-refractivity contribution < 1.29 is 8.42 Å². The third kappa shape index (κ3) is 2.98. The molecule has 0 radical (unpaired) electrons. The van der Waals surface area contributed by atoms with E-state index < -0.39 is 9.84 Å². The summed E-state index contributed by atoms with van der Waals surface area (Å²) < 4.78 is 24.8. The second kappa shape index (κ2) is 5.35. The molecular weight excluding hydrogens is 272 g/mol. The number of nitrogen functional groups attached to an aromatic ring is 1. The Kier molecular flexibility index (Phi) is 3.77. The van der Waals surface area contributed by atoms with E-state index in [4.69, 9.17) is 11.0 Å². The zero-order valence-electron chi connectivity index (χ0n) is 11.0. The first kappa shape index (κ1) is 14.1. The Hall–Kier alpha value is -2.32. The summed E-state index contributed by atoms with van der Waals surface area (Å²) in [7, 11) is -3.45. The minimum atomic E-state index is -3.45. The first-order valence-corrected chi connectivity index (χ1v) is 7.65. The maximum absolute atomic E-state index is 12.4. The molecule has 0 amide bonds. The van der Waals surface area contributed by atoms with E-state index >= 15 is 0 Å². The van der Waals surface area contributed by atoms with Gasteiger partial charge in [-0.3, -0.25) is 0 Å². The standard InChI is InChI=1S/C15H14N2O2S/c1-11-7-14(17)5-6-15(11)20(18,19)10-13-4-2-3-12(8-13)9-16/h2-8H,10,17H2,1H3. The lowest BCUT2D eigenvalue weighted by Gasteiger charge is -2.08. The van der Waals surface area contributed by atoms with Crippen LogP contribution in [0.15, 0.2) is 47.4 Å². The molecule has 0 bridgehead atoms. The molecule has 5 heteroatoms. The maximum Gasteiger partial charge on any atom is 0.182 e. The van der Waals surface area contributed by atoms with E-state index in [9.17, 15) is 8.42 Å². The predicted molar refractivity (Wildman–Crippen MR) is 77.6 cm³/mol. The molecule has 0 aromatic heterocycles. The molecule has 0 aliphatic carbocycles. The van der Waals surface area contributed by atoms with Crippen LogP contribution in [0.2, 0.25) is 0 Å². The molecule has 0 spiro atoms. The van der Waals surface area contributed by atoms with Gasteiger partial charge in [-0.25, -0.2) is 8.42 Å². The Morgan fingerprint density at radius 2 is 1.95 bits per heavy atom. The van der Waals surface area contributed by atoms with Gasteiger partial charge in [0.05, 0.1) is 22.3 Å². The topological polar surface area (TPSA) is 84.0 Å². The fraction of sp³-hybridized carbons (Fsp3) is 0.133. The number of aryl methyl sites for hydroxylation is 1. The van der Waals surface area contributed by atoms with Crippen molar-refractivity contribution in [2.24, 2.45) is 0 Å². The number of hydrogen-bond acceptors (Lipinski definition) is 4. The lowest BCUT2D eigenvalue weighted by atomic mass is 10.2. The molecule has 2 aromatic rings. The number of rotatable bonds is 3. The van der Waals surface area contributed by atoms with Crippen LogP contribution in [-0.4, -0.2) is 8.42 Å². The monoisotopic (exact) mass is 286 g/mol. The second-order valence-corrected chi connectivity index (χ2v) is 6.55. The number of benzene rings is 2. The molecule has 2 aromatic carbocycles. The van der Waals surface area contributed by atoms with Gasteiger partial charge in [-0.05, 0) is 48.4 Å². The Balaban J connectivity index is 2.38. The van der Waals surface area contributed by atoms with Crippen molar-refractivity contribution in [1.29, 1.82) is 5.26 Å². The molecule has 0 saturated carbocycles. The number of nitriles is 1. The van der Waals surface area contributed by atoms with Crippen molar-refractivity contribution >= 4 is 15.5 Å². The van der Waals surface area contributed by atoms with E-state index in [0.29, 0.717) is 22.4 Å². The van der Waals surface area contributed by atoms with E-state index in [1.807, 2.05) is 6.07 Å². The number of nitrogens with zero attached hydrogens (tertiary/aromatic N) is 1. The largest absolute Gasteiger partial charge is 0.399 e. The summed E-state index contributed by atoms with van der Waals surface area (Å²) in [6.07, 6.45) is 0. The summed E-state index contributed by atoms with van der Waals surface area (Å²) >= 11 is 0. The quantitative estimate of drug-likeness (QED) is 0.878. The van der Waals surface area contributed by atoms with E-state index in [1.54, 1.807) is 43.3 Å². The van der Waals surface area contributed by atoms with Crippen LogP contribution in [0.1, 0.15) is 16.7 Å². The van der Waals surface area contributed by atoms with Crippen molar-refractivity contribution in [3.8, 4) is 6.07 Å². The lowest BCUT2D eigenvalue weighted by Crippen LogP contribution is -2.07. The molecule has 0 aliphatic heterocycles. The maximum atomic E-state index is 12.4. The Morgan fingerprint density at radius 3 is 2.60 bits per heavy atom. The van der Waals surface area contributed by atoms with Gasteiger partial charge in [0.15, 0.2) is 9.84 Å². The summed E-state index contributed by atoms with van der Waals surface area (Å²) in [5.74, 6) is -0.132.